The third kappa shape index (κ3) is 9.03. The molecule has 1 amide bonds. The van der Waals surface area contributed by atoms with Gasteiger partial charge in [-0.2, -0.15) is 0 Å². The van der Waals surface area contributed by atoms with Crippen LogP contribution in [0.4, 0.5) is 10.1 Å². The summed E-state index contributed by atoms with van der Waals surface area (Å²) >= 11 is 0. The Hall–Kier alpha value is -3.15. The second kappa shape index (κ2) is 11.9. The second-order valence-electron chi connectivity index (χ2n) is 8.43. The van der Waals surface area contributed by atoms with Crippen molar-refractivity contribution >= 4 is 28.5 Å². The van der Waals surface area contributed by atoms with Crippen LogP contribution in [0.5, 0.6) is 0 Å². The van der Waals surface area contributed by atoms with Crippen LogP contribution in [0.2, 0.25) is 0 Å². The van der Waals surface area contributed by atoms with Crippen LogP contribution in [0.25, 0.3) is 10.9 Å². The van der Waals surface area contributed by atoms with Crippen LogP contribution in [0.3, 0.4) is 0 Å². The number of aromatic carboxylic acids is 1. The molecule has 0 radical (unpaired) electrons. The van der Waals surface area contributed by atoms with Gasteiger partial charge in [0.1, 0.15) is 11.5 Å². The van der Waals surface area contributed by atoms with E-state index in [1.54, 1.807) is 35.9 Å². The van der Waals surface area contributed by atoms with Gasteiger partial charge in [0.2, 0.25) is 5.91 Å². The minimum absolute atomic E-state index is 0.0451. The number of nitrogens with zero attached hydrogens (tertiary/aromatic N) is 1. The number of hydrogen-bond donors (Lipinski definition) is 2. The van der Waals surface area contributed by atoms with Gasteiger partial charge in [-0.1, -0.05) is 52.8 Å². The number of carbonyl (C=O) groups is 2. The molecular formula is C25H33FN2O3. The molecule has 1 aromatic heterocycles. The summed E-state index contributed by atoms with van der Waals surface area (Å²) in [6.07, 6.45) is 8.77. The number of carbonyl (C=O) groups excluding carboxylic acids is 1. The number of unbranched alkanes of at least 4 members (excludes halogenated alkanes) is 1. The number of aryl methyl sites for hydroxylation is 1. The van der Waals surface area contributed by atoms with Gasteiger partial charge in [0, 0.05) is 30.1 Å². The van der Waals surface area contributed by atoms with Gasteiger partial charge >= 0.3 is 5.97 Å². The number of halogens is 1. The average Bonchev–Trinajstić information content (AvgIpc) is 3.00. The summed E-state index contributed by atoms with van der Waals surface area (Å²) < 4.78 is 13.9. The van der Waals surface area contributed by atoms with E-state index in [2.05, 4.69) is 18.8 Å². The molecule has 0 aliphatic carbocycles. The molecule has 0 spiro atoms. The van der Waals surface area contributed by atoms with E-state index in [0.717, 1.165) is 23.7 Å². The summed E-state index contributed by atoms with van der Waals surface area (Å²) in [5, 5.41) is 12.8. The van der Waals surface area contributed by atoms with Crippen LogP contribution in [0, 0.1) is 5.41 Å². The van der Waals surface area contributed by atoms with Crippen molar-refractivity contribution in [3.63, 3.8) is 0 Å². The highest BCUT2D eigenvalue weighted by Crippen LogP contribution is 2.24. The first-order chi connectivity index (χ1) is 14.5. The first kappa shape index (κ1) is 25.9. The van der Waals surface area contributed by atoms with Crippen LogP contribution in [-0.4, -0.2) is 21.6 Å². The Labute approximate surface area is 184 Å². The molecule has 0 aliphatic rings. The van der Waals surface area contributed by atoms with Gasteiger partial charge in [-0.25, -0.2) is 9.18 Å². The number of amides is 1. The maximum Gasteiger partial charge on any atom is 0.352 e. The van der Waals surface area contributed by atoms with Crippen LogP contribution in [-0.2, 0) is 11.8 Å². The van der Waals surface area contributed by atoms with E-state index < -0.39 is 5.97 Å². The second-order valence-corrected chi connectivity index (χ2v) is 8.43. The Morgan fingerprint density at radius 3 is 2.48 bits per heavy atom. The highest BCUT2D eigenvalue weighted by atomic mass is 19.1. The predicted octanol–water partition coefficient (Wildman–Crippen LogP) is 6.63. The first-order valence-corrected chi connectivity index (χ1v) is 10.3. The Morgan fingerprint density at radius 2 is 1.94 bits per heavy atom. The lowest BCUT2D eigenvalue weighted by Gasteiger charge is -2.17. The Bertz CT molecular complexity index is 979. The lowest BCUT2D eigenvalue weighted by Crippen LogP contribution is -2.19. The number of allylic oxidation sites excluding steroid dienone is 5. The van der Waals surface area contributed by atoms with Gasteiger partial charge in [0.25, 0.3) is 0 Å². The van der Waals surface area contributed by atoms with Crippen LogP contribution in [0.15, 0.2) is 61.0 Å². The predicted molar refractivity (Wildman–Crippen MR) is 126 cm³/mol. The van der Waals surface area contributed by atoms with E-state index in [0.29, 0.717) is 12.1 Å². The number of nitrogens with one attached hydrogen (secondary N) is 1. The van der Waals surface area contributed by atoms with Crippen LogP contribution >= 0.6 is 0 Å². The van der Waals surface area contributed by atoms with Gasteiger partial charge in [0.05, 0.1) is 0 Å². The Balaban J connectivity index is 0.000000407. The fourth-order valence-corrected chi connectivity index (χ4v) is 2.81. The molecule has 0 saturated carbocycles. The summed E-state index contributed by atoms with van der Waals surface area (Å²) in [5.74, 6) is -1.30. The third-order valence-electron chi connectivity index (χ3n) is 4.28. The van der Waals surface area contributed by atoms with Crippen LogP contribution in [0.1, 0.15) is 57.4 Å². The number of fused-ring (bicyclic) bond motifs is 1. The monoisotopic (exact) mass is 428 g/mol. The van der Waals surface area contributed by atoms with Gasteiger partial charge in [-0.15, -0.1) is 0 Å². The van der Waals surface area contributed by atoms with Gasteiger partial charge in [-0.3, -0.25) is 4.79 Å². The molecule has 0 bridgehead atoms. The van der Waals surface area contributed by atoms with Crippen LogP contribution < -0.4 is 5.32 Å². The van der Waals surface area contributed by atoms with Crippen molar-refractivity contribution in [1.29, 1.82) is 0 Å². The maximum absolute atomic E-state index is 12.3. The van der Waals surface area contributed by atoms with E-state index >= 15 is 0 Å². The van der Waals surface area contributed by atoms with Gasteiger partial charge in [-0.05, 0) is 48.3 Å². The molecule has 2 aromatic rings. The minimum Gasteiger partial charge on any atom is -0.477 e. The van der Waals surface area contributed by atoms with Crippen molar-refractivity contribution in [3.05, 3.63) is 66.7 Å². The fourth-order valence-electron chi connectivity index (χ4n) is 2.81. The molecule has 6 heteroatoms. The molecule has 2 N–H and O–H groups in total. The topological polar surface area (TPSA) is 71.3 Å². The summed E-state index contributed by atoms with van der Waals surface area (Å²) in [5.41, 5.74) is 1.65. The normalized spacial score (nSPS) is 11.9. The number of benzene rings is 1. The summed E-state index contributed by atoms with van der Waals surface area (Å²) in [6.45, 7) is 11.4. The van der Waals surface area contributed by atoms with E-state index in [1.807, 2.05) is 32.9 Å². The smallest absolute Gasteiger partial charge is 0.352 e. The number of carboxylic acid groups (broad SMARTS) is 1. The van der Waals surface area contributed by atoms with E-state index in [4.69, 9.17) is 5.11 Å². The lowest BCUT2D eigenvalue weighted by atomic mass is 9.92. The minimum atomic E-state index is -0.966. The number of rotatable bonds is 7. The van der Waals surface area contributed by atoms with Crippen molar-refractivity contribution in [2.45, 2.75) is 47.0 Å². The van der Waals surface area contributed by atoms with E-state index in [-0.39, 0.29) is 22.8 Å². The maximum atomic E-state index is 12.3. The van der Waals surface area contributed by atoms with Crippen molar-refractivity contribution < 1.29 is 19.1 Å². The van der Waals surface area contributed by atoms with Gasteiger partial charge in [0.15, 0.2) is 0 Å². The molecule has 0 aliphatic heterocycles. The first-order valence-electron chi connectivity index (χ1n) is 10.3. The number of carboxylic acids is 1. The largest absolute Gasteiger partial charge is 0.477 e. The molecular weight excluding hydrogens is 395 g/mol. The zero-order chi connectivity index (χ0) is 23.6. The highest BCUT2D eigenvalue weighted by Gasteiger charge is 2.17. The van der Waals surface area contributed by atoms with Crippen molar-refractivity contribution in [2.24, 2.45) is 12.5 Å². The quantitative estimate of drug-likeness (QED) is 0.486. The van der Waals surface area contributed by atoms with Crippen molar-refractivity contribution in [1.82, 2.24) is 4.57 Å². The molecule has 5 nitrogen and oxygen atoms in total. The lowest BCUT2D eigenvalue weighted by molar-refractivity contribution is -0.117. The number of anilines is 1. The molecule has 0 atom stereocenters. The van der Waals surface area contributed by atoms with E-state index in [9.17, 15) is 14.0 Å². The Kier molecular flexibility index (Phi) is 9.93. The SMILES string of the molecule is C=C/C(F)=C\C=C/CCC.Cn1c(C(=O)O)cc2cc(NC(=O)CC(C)(C)C)ccc21. The molecule has 0 saturated heterocycles. The summed E-state index contributed by atoms with van der Waals surface area (Å²) in [4.78, 5) is 23.1. The average molecular weight is 429 g/mol. The van der Waals surface area contributed by atoms with Crippen molar-refractivity contribution in [2.75, 3.05) is 5.32 Å². The zero-order valence-corrected chi connectivity index (χ0v) is 19.0. The van der Waals surface area contributed by atoms with Gasteiger partial charge < -0.3 is 15.0 Å². The third-order valence-corrected chi connectivity index (χ3v) is 4.28. The van der Waals surface area contributed by atoms with E-state index in [1.165, 1.54) is 12.2 Å². The molecule has 1 aromatic carbocycles. The number of aromatic nitrogens is 1. The standard InChI is InChI=1S/C16H20N2O3.C9H13F/c1-16(2,3)9-14(19)17-11-5-6-12-10(7-11)8-13(15(20)21)18(12)4;1-3-5-6-7-8-9(10)4-2/h5-8H,9H2,1-4H3,(H,17,19)(H,20,21);4,6-8H,2-3,5H2,1H3/b;7-6-,9-8+. The number of hydrogen-bond acceptors (Lipinski definition) is 2. The molecule has 0 fully saturated rings. The summed E-state index contributed by atoms with van der Waals surface area (Å²) in [6, 6.07) is 7.00. The van der Waals surface area contributed by atoms with Crippen molar-refractivity contribution in [3.8, 4) is 0 Å². The molecule has 0 unspecified atom stereocenters. The fraction of sp³-hybridized carbons (Fsp3) is 0.360. The zero-order valence-electron chi connectivity index (χ0n) is 19.0. The molecule has 168 valence electrons. The molecule has 1 heterocycles. The molecule has 31 heavy (non-hydrogen) atoms. The highest BCUT2D eigenvalue weighted by molar-refractivity contribution is 5.98. The summed E-state index contributed by atoms with van der Waals surface area (Å²) in [7, 11) is 1.71. The molecule has 2 rings (SSSR count). The Morgan fingerprint density at radius 1 is 1.26 bits per heavy atom.